The van der Waals surface area contributed by atoms with Crippen molar-refractivity contribution in [1.29, 1.82) is 0 Å². The highest BCUT2D eigenvalue weighted by molar-refractivity contribution is 5.99. The van der Waals surface area contributed by atoms with E-state index >= 15 is 0 Å². The van der Waals surface area contributed by atoms with Gasteiger partial charge in [-0.3, -0.25) is 4.79 Å². The van der Waals surface area contributed by atoms with Crippen molar-refractivity contribution < 1.29 is 14.6 Å². The van der Waals surface area contributed by atoms with Gasteiger partial charge in [0.1, 0.15) is 11.8 Å². The molecule has 1 unspecified atom stereocenters. The molecule has 1 atom stereocenters. The molecule has 1 heterocycles. The molecule has 1 amide bonds. The lowest BCUT2D eigenvalue weighted by molar-refractivity contribution is -0.122. The first-order chi connectivity index (χ1) is 8.27. The second-order valence-electron chi connectivity index (χ2n) is 3.85. The minimum Gasteiger partial charge on any atom is -0.495 e. The monoisotopic (exact) mass is 236 g/mol. The molecule has 0 radical (unpaired) electrons. The molecular formula is C12H16N2O3. The minimum absolute atomic E-state index is 0.122. The van der Waals surface area contributed by atoms with Crippen molar-refractivity contribution in [2.75, 3.05) is 31.7 Å². The molecule has 0 aromatic heterocycles. The largest absolute Gasteiger partial charge is 0.495 e. The number of rotatable bonds is 3. The Bertz CT molecular complexity index is 408. The number of piperazine rings is 1. The van der Waals surface area contributed by atoms with E-state index in [0.29, 0.717) is 18.8 Å². The number of ether oxygens (including phenoxy) is 1. The van der Waals surface area contributed by atoms with Gasteiger partial charge < -0.3 is 20.1 Å². The summed E-state index contributed by atoms with van der Waals surface area (Å²) in [6.45, 7) is 1.05. The number of anilines is 1. The van der Waals surface area contributed by atoms with Crippen molar-refractivity contribution in [3.8, 4) is 5.75 Å². The molecule has 1 aromatic rings. The van der Waals surface area contributed by atoms with Crippen LogP contribution in [0.1, 0.15) is 0 Å². The third-order valence-corrected chi connectivity index (χ3v) is 2.85. The highest BCUT2D eigenvalue weighted by Crippen LogP contribution is 2.28. The number of para-hydroxylation sites is 2. The van der Waals surface area contributed by atoms with E-state index in [0.717, 1.165) is 5.69 Å². The first-order valence-corrected chi connectivity index (χ1v) is 5.56. The zero-order valence-corrected chi connectivity index (χ0v) is 9.72. The summed E-state index contributed by atoms with van der Waals surface area (Å²) in [5, 5.41) is 12.1. The molecule has 2 N–H and O–H groups in total. The highest BCUT2D eigenvalue weighted by Gasteiger charge is 2.29. The summed E-state index contributed by atoms with van der Waals surface area (Å²) in [5.74, 6) is 0.544. The lowest BCUT2D eigenvalue weighted by Gasteiger charge is -2.33. The molecule has 5 heteroatoms. The molecule has 0 saturated carbocycles. The van der Waals surface area contributed by atoms with Gasteiger partial charge in [-0.25, -0.2) is 0 Å². The molecule has 1 aliphatic rings. The van der Waals surface area contributed by atoms with E-state index in [4.69, 9.17) is 9.84 Å². The fraction of sp³-hybridized carbons (Fsp3) is 0.417. The first-order valence-electron chi connectivity index (χ1n) is 5.56. The molecule has 0 aliphatic carbocycles. The van der Waals surface area contributed by atoms with Crippen LogP contribution in [0.25, 0.3) is 0 Å². The van der Waals surface area contributed by atoms with E-state index in [2.05, 4.69) is 5.32 Å². The maximum atomic E-state index is 12.1. The molecule has 1 aliphatic heterocycles. The van der Waals surface area contributed by atoms with Crippen molar-refractivity contribution in [2.24, 2.45) is 0 Å². The number of benzene rings is 1. The summed E-state index contributed by atoms with van der Waals surface area (Å²) >= 11 is 0. The second-order valence-corrected chi connectivity index (χ2v) is 3.85. The predicted octanol–water partition coefficient (Wildman–Crippen LogP) is -0.00770. The normalized spacial score (nSPS) is 20.5. The summed E-state index contributed by atoms with van der Waals surface area (Å²) in [5.41, 5.74) is 0.750. The van der Waals surface area contributed by atoms with E-state index in [1.165, 1.54) is 0 Å². The number of methoxy groups -OCH3 is 1. The number of hydrogen-bond acceptors (Lipinski definition) is 4. The number of aliphatic hydroxyl groups is 1. The zero-order valence-electron chi connectivity index (χ0n) is 9.72. The van der Waals surface area contributed by atoms with Gasteiger partial charge in [0.15, 0.2) is 0 Å². The van der Waals surface area contributed by atoms with Crippen LogP contribution in [-0.4, -0.2) is 43.9 Å². The van der Waals surface area contributed by atoms with Crippen molar-refractivity contribution in [3.63, 3.8) is 0 Å². The molecule has 1 saturated heterocycles. The van der Waals surface area contributed by atoms with Crippen LogP contribution >= 0.6 is 0 Å². The number of nitrogens with zero attached hydrogens (tertiary/aromatic N) is 1. The van der Waals surface area contributed by atoms with Crippen LogP contribution in [0.5, 0.6) is 5.75 Å². The molecule has 92 valence electrons. The van der Waals surface area contributed by atoms with Crippen LogP contribution < -0.4 is 15.0 Å². The number of hydrogen-bond donors (Lipinski definition) is 2. The van der Waals surface area contributed by atoms with Gasteiger partial charge in [-0.2, -0.15) is 0 Å². The van der Waals surface area contributed by atoms with E-state index in [-0.39, 0.29) is 12.5 Å². The summed E-state index contributed by atoms with van der Waals surface area (Å²) in [4.78, 5) is 13.7. The Balaban J connectivity index is 2.29. The predicted molar refractivity (Wildman–Crippen MR) is 64.2 cm³/mol. The number of carbonyl (C=O) groups is 1. The number of aliphatic hydroxyl groups excluding tert-OH is 1. The summed E-state index contributed by atoms with van der Waals surface area (Å²) < 4.78 is 5.24. The van der Waals surface area contributed by atoms with Gasteiger partial charge in [0.2, 0.25) is 5.91 Å². The number of amides is 1. The average molecular weight is 236 g/mol. The lowest BCUT2D eigenvalue weighted by Crippen LogP contribution is -2.56. The first kappa shape index (κ1) is 11.9. The van der Waals surface area contributed by atoms with E-state index < -0.39 is 6.04 Å². The Labute approximate surface area is 100.0 Å². The van der Waals surface area contributed by atoms with Crippen molar-refractivity contribution in [2.45, 2.75) is 6.04 Å². The van der Waals surface area contributed by atoms with Crippen molar-refractivity contribution >= 4 is 11.6 Å². The van der Waals surface area contributed by atoms with Crippen LogP contribution in [0.15, 0.2) is 24.3 Å². The maximum Gasteiger partial charge on any atom is 0.246 e. The topological polar surface area (TPSA) is 61.8 Å². The SMILES string of the molecule is COc1ccccc1N1CCNC(CO)C1=O. The Morgan fingerprint density at radius 2 is 2.29 bits per heavy atom. The summed E-state index contributed by atoms with van der Waals surface area (Å²) in [6, 6.07) is 6.86. The van der Waals surface area contributed by atoms with Crippen LogP contribution in [-0.2, 0) is 4.79 Å². The van der Waals surface area contributed by atoms with E-state index in [1.807, 2.05) is 24.3 Å². The lowest BCUT2D eigenvalue weighted by atomic mass is 10.1. The molecule has 17 heavy (non-hydrogen) atoms. The Morgan fingerprint density at radius 3 is 3.00 bits per heavy atom. The van der Waals surface area contributed by atoms with Gasteiger partial charge in [-0.15, -0.1) is 0 Å². The summed E-state index contributed by atoms with van der Waals surface area (Å²) in [7, 11) is 1.58. The standard InChI is InChI=1S/C12H16N2O3/c1-17-11-5-3-2-4-10(11)14-7-6-13-9(8-15)12(14)16/h2-5,9,13,15H,6-8H2,1H3. The fourth-order valence-corrected chi connectivity index (χ4v) is 1.97. The van der Waals surface area contributed by atoms with Crippen molar-refractivity contribution in [3.05, 3.63) is 24.3 Å². The molecule has 0 bridgehead atoms. The van der Waals surface area contributed by atoms with Gasteiger partial charge in [0, 0.05) is 13.1 Å². The average Bonchev–Trinajstić information content (AvgIpc) is 2.39. The van der Waals surface area contributed by atoms with Crippen molar-refractivity contribution in [1.82, 2.24) is 5.32 Å². The highest BCUT2D eigenvalue weighted by atomic mass is 16.5. The number of nitrogens with one attached hydrogen (secondary N) is 1. The Kier molecular flexibility index (Phi) is 3.61. The smallest absolute Gasteiger partial charge is 0.246 e. The Hall–Kier alpha value is -1.59. The van der Waals surface area contributed by atoms with Crippen LogP contribution in [0.4, 0.5) is 5.69 Å². The van der Waals surface area contributed by atoms with Gasteiger partial charge in [0.05, 0.1) is 19.4 Å². The van der Waals surface area contributed by atoms with E-state index in [1.54, 1.807) is 12.0 Å². The van der Waals surface area contributed by atoms with Gasteiger partial charge >= 0.3 is 0 Å². The molecule has 0 spiro atoms. The third-order valence-electron chi connectivity index (χ3n) is 2.85. The zero-order chi connectivity index (χ0) is 12.3. The van der Waals surface area contributed by atoms with E-state index in [9.17, 15) is 4.79 Å². The van der Waals surface area contributed by atoms with Crippen LogP contribution in [0.3, 0.4) is 0 Å². The molecular weight excluding hydrogens is 220 g/mol. The minimum atomic E-state index is -0.520. The molecule has 5 nitrogen and oxygen atoms in total. The molecule has 1 aromatic carbocycles. The van der Waals surface area contributed by atoms with Crippen LogP contribution in [0, 0.1) is 0 Å². The van der Waals surface area contributed by atoms with Gasteiger partial charge in [0.25, 0.3) is 0 Å². The quantitative estimate of drug-likeness (QED) is 0.775. The molecule has 1 fully saturated rings. The Morgan fingerprint density at radius 1 is 1.53 bits per heavy atom. The van der Waals surface area contributed by atoms with Crippen LogP contribution in [0.2, 0.25) is 0 Å². The van der Waals surface area contributed by atoms with Gasteiger partial charge in [-0.1, -0.05) is 12.1 Å². The maximum absolute atomic E-state index is 12.1. The molecule has 2 rings (SSSR count). The second kappa shape index (κ2) is 5.16. The fourth-order valence-electron chi connectivity index (χ4n) is 1.97. The summed E-state index contributed by atoms with van der Waals surface area (Å²) in [6.07, 6.45) is 0. The number of carbonyl (C=O) groups excluding carboxylic acids is 1. The third kappa shape index (κ3) is 2.25. The van der Waals surface area contributed by atoms with Gasteiger partial charge in [-0.05, 0) is 12.1 Å².